The number of nitrogens with zero attached hydrogens (tertiary/aromatic N) is 3. The Morgan fingerprint density at radius 3 is 2.52 bits per heavy atom. The lowest BCUT2D eigenvalue weighted by Gasteiger charge is -2.26. The van der Waals surface area contributed by atoms with Crippen LogP contribution in [-0.2, 0) is 9.53 Å². The van der Waals surface area contributed by atoms with Crippen LogP contribution in [0.5, 0.6) is 0 Å². The van der Waals surface area contributed by atoms with Crippen LogP contribution < -0.4 is 14.9 Å². The molecule has 0 aliphatic carbocycles. The molecule has 5 rings (SSSR count). The van der Waals surface area contributed by atoms with Crippen molar-refractivity contribution in [2.75, 3.05) is 6.61 Å². The maximum absolute atomic E-state index is 14.0. The van der Waals surface area contributed by atoms with Gasteiger partial charge < -0.3 is 9.15 Å². The van der Waals surface area contributed by atoms with Crippen LogP contribution in [0.1, 0.15) is 69.4 Å². The Bertz CT molecular complexity index is 1970. The highest BCUT2D eigenvalue weighted by Gasteiger charge is 2.34. The molecule has 1 aliphatic heterocycles. The van der Waals surface area contributed by atoms with Crippen molar-refractivity contribution in [3.05, 3.63) is 117 Å². The van der Waals surface area contributed by atoms with Crippen molar-refractivity contribution >= 4 is 52.3 Å². The second kappa shape index (κ2) is 12.9. The third-order valence-electron chi connectivity index (χ3n) is 7.21. The van der Waals surface area contributed by atoms with Gasteiger partial charge in [0.15, 0.2) is 4.80 Å². The molecule has 0 unspecified atom stereocenters. The zero-order valence-corrected chi connectivity index (χ0v) is 26.8. The number of nitro benzene ring substituents is 1. The zero-order valence-electron chi connectivity index (χ0n) is 24.4. The normalized spacial score (nSPS) is 15.0. The molecule has 0 fully saturated rings. The highest BCUT2D eigenvalue weighted by atomic mass is 35.5. The van der Waals surface area contributed by atoms with E-state index in [4.69, 9.17) is 37.3 Å². The molecule has 0 spiro atoms. The van der Waals surface area contributed by atoms with E-state index in [-0.39, 0.29) is 27.9 Å². The van der Waals surface area contributed by atoms with Crippen molar-refractivity contribution in [3.63, 3.8) is 0 Å². The van der Waals surface area contributed by atoms with Crippen molar-refractivity contribution < 1.29 is 18.9 Å². The molecule has 9 nitrogen and oxygen atoms in total. The molecule has 44 heavy (non-hydrogen) atoms. The second-order valence-corrected chi connectivity index (χ2v) is 12.3. The third-order valence-corrected chi connectivity index (χ3v) is 8.81. The average Bonchev–Trinajstić information content (AvgIpc) is 3.57. The number of hydrogen-bond donors (Lipinski definition) is 0. The Balaban J connectivity index is 1.64. The van der Waals surface area contributed by atoms with Crippen LogP contribution in [0, 0.1) is 10.1 Å². The lowest BCUT2D eigenvalue weighted by atomic mass is 9.92. The van der Waals surface area contributed by atoms with Crippen LogP contribution in [0.25, 0.3) is 17.4 Å². The van der Waals surface area contributed by atoms with E-state index in [1.54, 1.807) is 29.7 Å². The van der Waals surface area contributed by atoms with E-state index in [2.05, 4.69) is 13.8 Å². The number of fused-ring (bicyclic) bond motifs is 1. The molecule has 0 saturated carbocycles. The Kier molecular flexibility index (Phi) is 9.24. The van der Waals surface area contributed by atoms with Gasteiger partial charge in [0.2, 0.25) is 0 Å². The van der Waals surface area contributed by atoms with Gasteiger partial charge in [0.05, 0.1) is 38.4 Å². The summed E-state index contributed by atoms with van der Waals surface area (Å²) in [7, 11) is 0. The molecule has 1 atom stereocenters. The van der Waals surface area contributed by atoms with E-state index < -0.39 is 16.9 Å². The lowest BCUT2D eigenvalue weighted by molar-refractivity contribution is -0.384. The largest absolute Gasteiger partial charge is 0.463 e. The molecule has 2 aromatic heterocycles. The third kappa shape index (κ3) is 6.02. The van der Waals surface area contributed by atoms with Crippen LogP contribution in [0.3, 0.4) is 0 Å². The summed E-state index contributed by atoms with van der Waals surface area (Å²) in [4.78, 5) is 43.2. The van der Waals surface area contributed by atoms with Crippen LogP contribution >= 0.6 is 34.5 Å². The first-order valence-corrected chi connectivity index (χ1v) is 15.7. The summed E-state index contributed by atoms with van der Waals surface area (Å²) in [6.45, 7) is 8.15. The van der Waals surface area contributed by atoms with Gasteiger partial charge in [-0.3, -0.25) is 19.5 Å². The first kappa shape index (κ1) is 31.4. The standard InChI is InChI=1S/C32H29Cl2N3O6S/c1-5-7-24-28(31(39)42-6-2)29(19-10-8-18(9-11-19)17(3)4)36-30(38)27(44-32(36)35-24)14-20-12-13-26(43-20)21-15-23(34)25(37(40)41)16-22(21)33/h8-17,29H,5-7H2,1-4H3/b27-14+/t29-/m1/s1. The summed E-state index contributed by atoms with van der Waals surface area (Å²) >= 11 is 13.6. The topological polar surface area (TPSA) is 117 Å². The number of halogens is 2. The maximum atomic E-state index is 14.0. The summed E-state index contributed by atoms with van der Waals surface area (Å²) in [6, 6.07) is 13.0. The van der Waals surface area contributed by atoms with Crippen molar-refractivity contribution in [1.29, 1.82) is 0 Å². The number of furan rings is 1. The summed E-state index contributed by atoms with van der Waals surface area (Å²) in [5.74, 6) is 0.494. The Hall–Kier alpha value is -3.99. The smallest absolute Gasteiger partial charge is 0.338 e. The van der Waals surface area contributed by atoms with E-state index in [9.17, 15) is 19.7 Å². The number of carbonyl (C=O) groups excluding carboxylic acids is 1. The average molecular weight is 655 g/mol. The summed E-state index contributed by atoms with van der Waals surface area (Å²) in [5, 5.41) is 11.2. The number of hydrogen-bond acceptors (Lipinski definition) is 8. The highest BCUT2D eigenvalue weighted by Crippen LogP contribution is 2.37. The molecule has 1 aliphatic rings. The fraction of sp³-hybridized carbons (Fsp3) is 0.281. The van der Waals surface area contributed by atoms with E-state index in [1.165, 1.54) is 23.5 Å². The Morgan fingerprint density at radius 1 is 1.16 bits per heavy atom. The first-order chi connectivity index (χ1) is 21.0. The molecule has 0 saturated heterocycles. The monoisotopic (exact) mass is 653 g/mol. The molecule has 4 aromatic rings. The van der Waals surface area contributed by atoms with Crippen LogP contribution in [0.2, 0.25) is 10.0 Å². The van der Waals surface area contributed by atoms with E-state index in [0.717, 1.165) is 17.5 Å². The number of aromatic nitrogens is 1. The van der Waals surface area contributed by atoms with Gasteiger partial charge in [-0.25, -0.2) is 9.79 Å². The van der Waals surface area contributed by atoms with Crippen molar-refractivity contribution in [2.24, 2.45) is 4.99 Å². The molecule has 228 valence electrons. The van der Waals surface area contributed by atoms with Crippen molar-refractivity contribution in [2.45, 2.75) is 52.5 Å². The van der Waals surface area contributed by atoms with Crippen LogP contribution in [0.15, 0.2) is 74.0 Å². The van der Waals surface area contributed by atoms with Gasteiger partial charge in [-0.15, -0.1) is 0 Å². The minimum atomic E-state index is -0.719. The fourth-order valence-electron chi connectivity index (χ4n) is 5.07. The summed E-state index contributed by atoms with van der Waals surface area (Å²) in [6.07, 6.45) is 2.89. The number of carbonyl (C=O) groups is 1. The highest BCUT2D eigenvalue weighted by molar-refractivity contribution is 7.07. The number of rotatable bonds is 9. The SMILES string of the molecule is CCCC1=C(C(=O)OCC)[C@@H](c2ccc(C(C)C)cc2)n2c(s/c(=C/c3ccc(-c4cc(Cl)c([N+](=O)[O-])cc4Cl)o3)c2=O)=N1. The van der Waals surface area contributed by atoms with Gasteiger partial charge >= 0.3 is 5.97 Å². The number of thiazole rings is 1. The second-order valence-electron chi connectivity index (χ2n) is 10.5. The predicted octanol–water partition coefficient (Wildman–Crippen LogP) is 7.18. The van der Waals surface area contributed by atoms with Gasteiger partial charge in [0, 0.05) is 17.7 Å². The Labute approximate surface area is 266 Å². The Morgan fingerprint density at radius 2 is 1.89 bits per heavy atom. The van der Waals surface area contributed by atoms with Gasteiger partial charge in [0.25, 0.3) is 11.2 Å². The maximum Gasteiger partial charge on any atom is 0.338 e. The summed E-state index contributed by atoms with van der Waals surface area (Å²) in [5.41, 5.74) is 2.59. The number of nitro groups is 1. The first-order valence-electron chi connectivity index (χ1n) is 14.1. The number of allylic oxidation sites excluding steroid dienone is 1. The molecule has 0 amide bonds. The van der Waals surface area contributed by atoms with Gasteiger partial charge in [0.1, 0.15) is 16.5 Å². The van der Waals surface area contributed by atoms with Crippen LogP contribution in [-0.4, -0.2) is 22.1 Å². The zero-order chi connectivity index (χ0) is 31.7. The number of benzene rings is 2. The molecule has 0 bridgehead atoms. The fourth-order valence-corrected chi connectivity index (χ4v) is 6.55. The van der Waals surface area contributed by atoms with Crippen molar-refractivity contribution in [3.8, 4) is 11.3 Å². The van der Waals surface area contributed by atoms with E-state index in [0.29, 0.717) is 50.0 Å². The minimum Gasteiger partial charge on any atom is -0.463 e. The minimum absolute atomic E-state index is 0.0811. The van der Waals surface area contributed by atoms with E-state index in [1.807, 2.05) is 31.2 Å². The van der Waals surface area contributed by atoms with Crippen molar-refractivity contribution in [1.82, 2.24) is 4.57 Å². The van der Waals surface area contributed by atoms with Gasteiger partial charge in [-0.05, 0) is 48.6 Å². The van der Waals surface area contributed by atoms with Gasteiger partial charge in [-0.2, -0.15) is 0 Å². The molecular weight excluding hydrogens is 625 g/mol. The molecule has 0 N–H and O–H groups in total. The molecular formula is C32H29Cl2N3O6S. The summed E-state index contributed by atoms with van der Waals surface area (Å²) < 4.78 is 13.3. The van der Waals surface area contributed by atoms with Crippen LogP contribution in [0.4, 0.5) is 5.69 Å². The predicted molar refractivity (Wildman–Crippen MR) is 171 cm³/mol. The number of esters is 1. The molecule has 3 heterocycles. The molecule has 0 radical (unpaired) electrons. The molecule has 2 aromatic carbocycles. The lowest BCUT2D eigenvalue weighted by Crippen LogP contribution is -2.40. The number of ether oxygens (including phenoxy) is 1. The van der Waals surface area contributed by atoms with E-state index >= 15 is 0 Å². The quantitative estimate of drug-likeness (QED) is 0.107. The van der Waals surface area contributed by atoms with Gasteiger partial charge in [-0.1, -0.05) is 86.0 Å². The molecule has 12 heteroatoms.